The van der Waals surface area contributed by atoms with Gasteiger partial charge in [-0.2, -0.15) is 0 Å². The summed E-state index contributed by atoms with van der Waals surface area (Å²) in [6.45, 7) is 6.43. The maximum atomic E-state index is 13.2. The molecule has 1 aliphatic carbocycles. The van der Waals surface area contributed by atoms with E-state index in [1.54, 1.807) is 11.3 Å². The van der Waals surface area contributed by atoms with Crippen LogP contribution < -0.4 is 0 Å². The van der Waals surface area contributed by atoms with Crippen LogP contribution in [0.15, 0.2) is 5.38 Å². The largest absolute Gasteiger partial charge is 0.342 e. The number of fused-ring (bicyclic) bond motifs is 1. The highest BCUT2D eigenvalue weighted by atomic mass is 32.1. The molecule has 2 atom stereocenters. The third-order valence-electron chi connectivity index (χ3n) is 6.89. The van der Waals surface area contributed by atoms with Crippen molar-refractivity contribution in [2.24, 2.45) is 11.8 Å². The number of carbonyl (C=O) groups excluding carboxylic acids is 2. The van der Waals surface area contributed by atoms with Gasteiger partial charge in [0, 0.05) is 42.9 Å². The summed E-state index contributed by atoms with van der Waals surface area (Å²) >= 11 is 1.63. The monoisotopic (exact) mass is 403 g/mol. The van der Waals surface area contributed by atoms with Crippen LogP contribution in [0.25, 0.3) is 0 Å². The van der Waals surface area contributed by atoms with Crippen LogP contribution >= 0.6 is 11.3 Å². The minimum absolute atomic E-state index is 0.0637. The molecule has 3 heterocycles. The lowest BCUT2D eigenvalue weighted by molar-refractivity contribution is -0.135. The Bertz CT molecular complexity index is 706. The maximum absolute atomic E-state index is 13.2. The molecule has 6 heteroatoms. The van der Waals surface area contributed by atoms with Gasteiger partial charge in [0.2, 0.25) is 5.91 Å². The normalized spacial score (nSPS) is 26.4. The molecule has 0 radical (unpaired) electrons. The average molecular weight is 404 g/mol. The number of hydrogen-bond donors (Lipinski definition) is 0. The van der Waals surface area contributed by atoms with Crippen molar-refractivity contribution in [3.8, 4) is 0 Å². The molecule has 1 saturated carbocycles. The molecule has 2 amide bonds. The van der Waals surface area contributed by atoms with E-state index in [1.807, 2.05) is 24.1 Å². The van der Waals surface area contributed by atoms with Crippen LogP contribution in [0.5, 0.6) is 0 Å². The first kappa shape index (κ1) is 19.9. The summed E-state index contributed by atoms with van der Waals surface area (Å²) in [6, 6.07) is 0.436. The average Bonchev–Trinajstić information content (AvgIpc) is 3.22. The summed E-state index contributed by atoms with van der Waals surface area (Å²) in [5.41, 5.74) is 0.645. The molecule has 2 saturated heterocycles. The molecular formula is C22H33N3O2S. The van der Waals surface area contributed by atoms with Gasteiger partial charge in [-0.1, -0.05) is 26.7 Å². The molecule has 0 spiro atoms. The van der Waals surface area contributed by atoms with Gasteiger partial charge in [-0.05, 0) is 44.4 Å². The zero-order valence-corrected chi connectivity index (χ0v) is 18.0. The van der Waals surface area contributed by atoms with E-state index in [-0.39, 0.29) is 17.7 Å². The van der Waals surface area contributed by atoms with Crippen molar-refractivity contribution in [3.05, 3.63) is 16.1 Å². The molecule has 4 rings (SSSR count). The second-order valence-corrected chi connectivity index (χ2v) is 9.97. The molecule has 154 valence electrons. The fourth-order valence-electron chi connectivity index (χ4n) is 5.31. The molecule has 28 heavy (non-hydrogen) atoms. The molecule has 0 N–H and O–H groups in total. The smallest absolute Gasteiger partial charge is 0.273 e. The van der Waals surface area contributed by atoms with Crippen LogP contribution in [-0.4, -0.2) is 52.3 Å². The van der Waals surface area contributed by atoms with Gasteiger partial charge >= 0.3 is 0 Å². The Hall–Kier alpha value is -1.43. The third-order valence-corrected chi connectivity index (χ3v) is 7.90. The topological polar surface area (TPSA) is 53.5 Å². The second-order valence-electron chi connectivity index (χ2n) is 9.08. The number of hydrogen-bond acceptors (Lipinski definition) is 4. The van der Waals surface area contributed by atoms with Crippen molar-refractivity contribution < 1.29 is 9.59 Å². The highest BCUT2D eigenvalue weighted by molar-refractivity contribution is 7.09. The Kier molecular flexibility index (Phi) is 6.04. The van der Waals surface area contributed by atoms with E-state index in [0.29, 0.717) is 23.6 Å². The lowest BCUT2D eigenvalue weighted by atomic mass is 9.78. The molecule has 1 aromatic rings. The van der Waals surface area contributed by atoms with Gasteiger partial charge in [-0.15, -0.1) is 11.3 Å². The van der Waals surface area contributed by atoms with Crippen LogP contribution in [0.3, 0.4) is 0 Å². The number of nitrogens with zero attached hydrogens (tertiary/aromatic N) is 3. The third kappa shape index (κ3) is 3.98. The molecular weight excluding hydrogens is 370 g/mol. The molecule has 2 unspecified atom stereocenters. The Balaban J connectivity index is 1.39. The van der Waals surface area contributed by atoms with Crippen molar-refractivity contribution in [1.29, 1.82) is 0 Å². The Morgan fingerprint density at radius 2 is 1.75 bits per heavy atom. The summed E-state index contributed by atoms with van der Waals surface area (Å²) in [4.78, 5) is 34.3. The Labute approximate surface area is 172 Å². The first-order valence-corrected chi connectivity index (χ1v) is 12.0. The Morgan fingerprint density at radius 1 is 1.04 bits per heavy atom. The van der Waals surface area contributed by atoms with Crippen molar-refractivity contribution in [2.75, 3.05) is 19.6 Å². The minimum atomic E-state index is 0.0637. The van der Waals surface area contributed by atoms with Gasteiger partial charge in [0.25, 0.3) is 5.91 Å². The van der Waals surface area contributed by atoms with Gasteiger partial charge in [0.1, 0.15) is 5.69 Å². The van der Waals surface area contributed by atoms with Crippen molar-refractivity contribution in [2.45, 2.75) is 77.2 Å². The first-order valence-electron chi connectivity index (χ1n) is 11.1. The molecule has 2 aliphatic heterocycles. The highest BCUT2D eigenvalue weighted by Gasteiger charge is 2.37. The molecule has 0 aromatic carbocycles. The van der Waals surface area contributed by atoms with Crippen LogP contribution in [0.2, 0.25) is 0 Å². The molecule has 0 bridgehead atoms. The zero-order valence-electron chi connectivity index (χ0n) is 17.2. The lowest BCUT2D eigenvalue weighted by Crippen LogP contribution is -2.49. The van der Waals surface area contributed by atoms with Crippen LogP contribution in [0, 0.1) is 11.8 Å². The summed E-state index contributed by atoms with van der Waals surface area (Å²) in [5, 5.41) is 3.05. The number of rotatable bonds is 3. The zero-order chi connectivity index (χ0) is 19.7. The quantitative estimate of drug-likeness (QED) is 0.756. The maximum Gasteiger partial charge on any atom is 0.273 e. The van der Waals surface area contributed by atoms with Gasteiger partial charge in [-0.3, -0.25) is 9.59 Å². The predicted molar refractivity (Wildman–Crippen MR) is 112 cm³/mol. The number of amides is 2. The highest BCUT2D eigenvalue weighted by Crippen LogP contribution is 2.36. The van der Waals surface area contributed by atoms with E-state index >= 15 is 0 Å². The van der Waals surface area contributed by atoms with E-state index < -0.39 is 0 Å². The number of piperidine rings is 2. The minimum Gasteiger partial charge on any atom is -0.342 e. The predicted octanol–water partition coefficient (Wildman–Crippen LogP) is 4.30. The van der Waals surface area contributed by atoms with Crippen molar-refractivity contribution in [3.63, 3.8) is 0 Å². The van der Waals surface area contributed by atoms with E-state index in [1.165, 1.54) is 25.7 Å². The van der Waals surface area contributed by atoms with Crippen molar-refractivity contribution in [1.82, 2.24) is 14.8 Å². The standard InChI is InChI=1S/C22H33N3O2S/c1-15(2)21(26)24-12-9-17(10-13-24)20-23-18(14-28-20)22(27)25-11-5-7-16-6-3-4-8-19(16)25/h14-17,19H,3-13H2,1-2H3. The van der Waals surface area contributed by atoms with E-state index in [2.05, 4.69) is 4.90 Å². The Morgan fingerprint density at radius 3 is 2.50 bits per heavy atom. The lowest BCUT2D eigenvalue weighted by Gasteiger charge is -2.43. The number of carbonyl (C=O) groups is 2. The second kappa shape index (κ2) is 8.52. The van der Waals surface area contributed by atoms with E-state index in [0.717, 1.165) is 50.3 Å². The van der Waals surface area contributed by atoms with Gasteiger partial charge in [0.05, 0.1) is 5.01 Å². The van der Waals surface area contributed by atoms with Crippen molar-refractivity contribution >= 4 is 23.2 Å². The molecule has 3 aliphatic rings. The summed E-state index contributed by atoms with van der Waals surface area (Å²) < 4.78 is 0. The number of likely N-dealkylation sites (tertiary alicyclic amines) is 2. The number of thiazole rings is 1. The summed E-state index contributed by atoms with van der Waals surface area (Å²) in [5.74, 6) is 1.54. The summed E-state index contributed by atoms with van der Waals surface area (Å²) in [6.07, 6.45) is 9.34. The van der Waals surface area contributed by atoms with Gasteiger partial charge in [0.15, 0.2) is 0 Å². The number of aromatic nitrogens is 1. The van der Waals surface area contributed by atoms with E-state index in [4.69, 9.17) is 4.98 Å². The molecule has 5 nitrogen and oxygen atoms in total. The summed E-state index contributed by atoms with van der Waals surface area (Å²) in [7, 11) is 0. The van der Waals surface area contributed by atoms with Crippen LogP contribution in [-0.2, 0) is 4.79 Å². The fraction of sp³-hybridized carbons (Fsp3) is 0.773. The first-order chi connectivity index (χ1) is 13.5. The fourth-order valence-corrected chi connectivity index (χ4v) is 6.27. The molecule has 1 aromatic heterocycles. The van der Waals surface area contributed by atoms with Crippen LogP contribution in [0.1, 0.15) is 86.6 Å². The molecule has 3 fully saturated rings. The van der Waals surface area contributed by atoms with Gasteiger partial charge in [-0.25, -0.2) is 4.98 Å². The SMILES string of the molecule is CC(C)C(=O)N1CCC(c2nc(C(=O)N3CCCC4CCCCC43)cs2)CC1. The van der Waals surface area contributed by atoms with E-state index in [9.17, 15) is 9.59 Å². The van der Waals surface area contributed by atoms with Crippen LogP contribution in [0.4, 0.5) is 0 Å². The van der Waals surface area contributed by atoms with Gasteiger partial charge < -0.3 is 9.80 Å².